The molecule has 0 bridgehead atoms. The first-order chi connectivity index (χ1) is 6.31. The minimum Gasteiger partial charge on any atom is -0.329 e. The zero-order valence-electron chi connectivity index (χ0n) is 7.28. The van der Waals surface area contributed by atoms with Crippen LogP contribution in [0.3, 0.4) is 0 Å². The first-order valence-corrected chi connectivity index (χ1v) is 5.19. The highest BCUT2D eigenvalue weighted by molar-refractivity contribution is 7.96. The lowest BCUT2D eigenvalue weighted by atomic mass is 10.1. The first kappa shape index (κ1) is 8.44. The molecule has 3 nitrogen and oxygen atoms in total. The Balaban J connectivity index is 2.47. The predicted octanol–water partition coefficient (Wildman–Crippen LogP) is 1.44. The average Bonchev–Trinajstić information content (AvgIpc) is 2.18. The number of nitrogens with zero attached hydrogens (tertiary/aromatic N) is 1. The molecule has 1 aliphatic rings. The van der Waals surface area contributed by atoms with E-state index in [-0.39, 0.29) is 5.56 Å². The van der Waals surface area contributed by atoms with Crippen LogP contribution in [-0.4, -0.2) is 15.5 Å². The second-order valence-electron chi connectivity index (χ2n) is 2.81. The molecule has 68 valence electrons. The van der Waals surface area contributed by atoms with Crippen LogP contribution in [0.25, 0.3) is 6.08 Å². The van der Waals surface area contributed by atoms with Crippen LogP contribution in [0.1, 0.15) is 11.1 Å². The monoisotopic (exact) mass is 194 g/mol. The highest BCUT2D eigenvalue weighted by Gasteiger charge is 2.12. The Morgan fingerprint density at radius 2 is 2.46 bits per heavy atom. The smallest absolute Gasteiger partial charge is 0.253 e. The van der Waals surface area contributed by atoms with Crippen LogP contribution in [0, 0.1) is 0 Å². The molecule has 13 heavy (non-hydrogen) atoms. The van der Waals surface area contributed by atoms with Gasteiger partial charge in [-0.15, -0.1) is 0 Å². The van der Waals surface area contributed by atoms with Gasteiger partial charge in [-0.05, 0) is 17.7 Å². The second kappa shape index (κ2) is 3.30. The third kappa shape index (κ3) is 1.49. The fraction of sp³-hybridized carbons (Fsp3) is 0.222. The number of rotatable bonds is 1. The van der Waals surface area contributed by atoms with Gasteiger partial charge in [-0.3, -0.25) is 4.79 Å². The lowest BCUT2D eigenvalue weighted by Gasteiger charge is -2.21. The number of fused-ring (bicyclic) bond motifs is 1. The van der Waals surface area contributed by atoms with Crippen LogP contribution in [0.4, 0.5) is 0 Å². The van der Waals surface area contributed by atoms with Gasteiger partial charge in [-0.2, -0.15) is 0 Å². The normalized spacial score (nSPS) is 14.4. The molecule has 0 amide bonds. The lowest BCUT2D eigenvalue weighted by molar-refractivity contribution is 0.609. The number of pyridine rings is 1. The molecule has 1 N–H and O–H groups in total. The highest BCUT2D eigenvalue weighted by atomic mass is 32.2. The zero-order chi connectivity index (χ0) is 9.26. The van der Waals surface area contributed by atoms with E-state index in [1.165, 1.54) is 0 Å². The van der Waals surface area contributed by atoms with Gasteiger partial charge in [0.15, 0.2) is 0 Å². The van der Waals surface area contributed by atoms with E-state index < -0.39 is 0 Å². The molecule has 2 rings (SSSR count). The maximum Gasteiger partial charge on any atom is 0.253 e. The van der Waals surface area contributed by atoms with Crippen molar-refractivity contribution < 1.29 is 0 Å². The summed E-state index contributed by atoms with van der Waals surface area (Å²) >= 11 is 1.61. The van der Waals surface area contributed by atoms with E-state index in [4.69, 9.17) is 0 Å². The van der Waals surface area contributed by atoms with Gasteiger partial charge < -0.3 is 9.29 Å². The third-order valence-corrected chi connectivity index (χ3v) is 2.79. The molecule has 1 aromatic heterocycles. The van der Waals surface area contributed by atoms with E-state index in [1.54, 1.807) is 18.1 Å². The van der Waals surface area contributed by atoms with Crippen molar-refractivity contribution in [2.75, 3.05) is 6.26 Å². The minimum atomic E-state index is 0.0147. The topological polar surface area (TPSA) is 36.1 Å². The van der Waals surface area contributed by atoms with Crippen molar-refractivity contribution in [3.63, 3.8) is 0 Å². The fourth-order valence-electron chi connectivity index (χ4n) is 1.34. The molecule has 0 saturated carbocycles. The van der Waals surface area contributed by atoms with E-state index >= 15 is 0 Å². The van der Waals surface area contributed by atoms with Crippen molar-refractivity contribution >= 4 is 18.0 Å². The van der Waals surface area contributed by atoms with Gasteiger partial charge in [0.25, 0.3) is 5.56 Å². The zero-order valence-corrected chi connectivity index (χ0v) is 8.10. The van der Waals surface area contributed by atoms with Crippen molar-refractivity contribution in [1.29, 1.82) is 0 Å². The molecule has 0 aromatic carbocycles. The predicted molar refractivity (Wildman–Crippen MR) is 55.2 cm³/mol. The summed E-state index contributed by atoms with van der Waals surface area (Å²) in [4.78, 5) is 14.1. The van der Waals surface area contributed by atoms with Crippen molar-refractivity contribution in [1.82, 2.24) is 9.29 Å². The standard InChI is InChI=1S/C9H10N2OS/c1-13-11-5-3-7-2-4-10-9(12)8(7)6-11/h2-5H,6H2,1H3,(H,10,12). The van der Waals surface area contributed by atoms with Gasteiger partial charge in [0.1, 0.15) is 0 Å². The lowest BCUT2D eigenvalue weighted by Crippen LogP contribution is -2.21. The number of aromatic amines is 1. The molecule has 0 fully saturated rings. The molecular weight excluding hydrogens is 184 g/mol. The summed E-state index contributed by atoms with van der Waals surface area (Å²) in [7, 11) is 0. The quantitative estimate of drug-likeness (QED) is 0.687. The molecule has 1 aliphatic heterocycles. The summed E-state index contributed by atoms with van der Waals surface area (Å²) in [6.45, 7) is 0.684. The van der Waals surface area contributed by atoms with E-state index in [2.05, 4.69) is 4.98 Å². The van der Waals surface area contributed by atoms with Crippen molar-refractivity contribution in [3.8, 4) is 0 Å². The van der Waals surface area contributed by atoms with Gasteiger partial charge in [-0.1, -0.05) is 11.9 Å². The average molecular weight is 194 g/mol. The summed E-state index contributed by atoms with van der Waals surface area (Å²) in [6, 6.07) is 1.92. The number of nitrogens with one attached hydrogen (secondary N) is 1. The summed E-state index contributed by atoms with van der Waals surface area (Å²) in [5, 5.41) is 0. The largest absolute Gasteiger partial charge is 0.329 e. The van der Waals surface area contributed by atoms with Gasteiger partial charge in [-0.25, -0.2) is 0 Å². The van der Waals surface area contributed by atoms with Gasteiger partial charge >= 0.3 is 0 Å². The first-order valence-electron chi connectivity index (χ1n) is 4.01. The van der Waals surface area contributed by atoms with Crippen LogP contribution >= 0.6 is 11.9 Å². The number of aromatic nitrogens is 1. The van der Waals surface area contributed by atoms with E-state index in [0.29, 0.717) is 6.54 Å². The minimum absolute atomic E-state index is 0.0147. The number of H-pyrrole nitrogens is 1. The molecule has 0 radical (unpaired) electrons. The van der Waals surface area contributed by atoms with Crippen molar-refractivity contribution in [3.05, 3.63) is 39.9 Å². The number of hydrogen-bond acceptors (Lipinski definition) is 3. The summed E-state index contributed by atoms with van der Waals surface area (Å²) in [6.07, 6.45) is 7.63. The van der Waals surface area contributed by atoms with E-state index in [1.807, 2.05) is 28.9 Å². The summed E-state index contributed by atoms with van der Waals surface area (Å²) in [5.74, 6) is 0. The highest BCUT2D eigenvalue weighted by Crippen LogP contribution is 2.19. The Labute approximate surface area is 80.6 Å². The maximum atomic E-state index is 11.4. The Hall–Kier alpha value is -1.16. The summed E-state index contributed by atoms with van der Waals surface area (Å²) < 4.78 is 2.03. The summed E-state index contributed by atoms with van der Waals surface area (Å²) in [5.41, 5.74) is 1.88. The Morgan fingerprint density at radius 1 is 1.62 bits per heavy atom. The molecule has 0 aliphatic carbocycles. The molecule has 0 unspecified atom stereocenters. The molecular formula is C9H10N2OS. The van der Waals surface area contributed by atoms with Crippen LogP contribution in [0.5, 0.6) is 0 Å². The van der Waals surface area contributed by atoms with Crippen LogP contribution in [0.15, 0.2) is 23.3 Å². The Kier molecular flexibility index (Phi) is 2.14. The Bertz CT molecular complexity index is 397. The molecule has 0 saturated heterocycles. The van der Waals surface area contributed by atoms with Crippen LogP contribution < -0.4 is 5.56 Å². The number of hydrogen-bond donors (Lipinski definition) is 1. The van der Waals surface area contributed by atoms with Gasteiger partial charge in [0.05, 0.1) is 6.54 Å². The maximum absolute atomic E-state index is 11.4. The third-order valence-electron chi connectivity index (χ3n) is 2.07. The molecule has 2 heterocycles. The van der Waals surface area contributed by atoms with Crippen LogP contribution in [0.2, 0.25) is 0 Å². The molecule has 4 heteroatoms. The van der Waals surface area contributed by atoms with E-state index in [9.17, 15) is 4.79 Å². The van der Waals surface area contributed by atoms with Crippen molar-refractivity contribution in [2.24, 2.45) is 0 Å². The van der Waals surface area contributed by atoms with Crippen molar-refractivity contribution in [2.45, 2.75) is 6.54 Å². The Morgan fingerprint density at radius 3 is 3.23 bits per heavy atom. The van der Waals surface area contributed by atoms with E-state index in [0.717, 1.165) is 11.1 Å². The van der Waals surface area contributed by atoms with Gasteiger partial charge in [0.2, 0.25) is 0 Å². The fourth-order valence-corrected chi connectivity index (χ4v) is 1.78. The molecule has 0 atom stereocenters. The van der Waals surface area contributed by atoms with Gasteiger partial charge in [0, 0.05) is 24.2 Å². The second-order valence-corrected chi connectivity index (χ2v) is 3.65. The SMILES string of the molecule is CSN1C=Cc2cc[nH]c(=O)c2C1. The molecule has 0 spiro atoms. The van der Waals surface area contributed by atoms with Crippen LogP contribution in [-0.2, 0) is 6.54 Å². The molecule has 1 aromatic rings.